The van der Waals surface area contributed by atoms with Gasteiger partial charge in [-0.1, -0.05) is 41.4 Å². The summed E-state index contributed by atoms with van der Waals surface area (Å²) in [4.78, 5) is 9.13. The number of aryl methyl sites for hydroxylation is 1. The predicted octanol–water partition coefficient (Wildman–Crippen LogP) is 8.64. The van der Waals surface area contributed by atoms with Gasteiger partial charge in [0.1, 0.15) is 11.5 Å². The number of pyridine rings is 1. The molecule has 6 rings (SSSR count). The van der Waals surface area contributed by atoms with Crippen LogP contribution in [0.4, 0.5) is 11.4 Å². The van der Waals surface area contributed by atoms with E-state index in [1.165, 1.54) is 16.7 Å². The Hall–Kier alpha value is -3.87. The number of likely N-dealkylation sites (N-methyl/N-ethyl adjacent to an activating group) is 1. The monoisotopic (exact) mass is 580 g/mol. The molecule has 1 saturated heterocycles. The van der Waals surface area contributed by atoms with Crippen molar-refractivity contribution in [2.45, 2.75) is 45.3 Å². The number of nitrogens with one attached hydrogen (secondary N) is 1. The van der Waals surface area contributed by atoms with Crippen molar-refractivity contribution in [3.8, 4) is 11.5 Å². The summed E-state index contributed by atoms with van der Waals surface area (Å²) < 4.78 is 6.09. The minimum Gasteiger partial charge on any atom is -0.457 e. The van der Waals surface area contributed by atoms with Crippen LogP contribution < -0.4 is 19.9 Å². The average molecular weight is 581 g/mol. The van der Waals surface area contributed by atoms with Crippen molar-refractivity contribution in [2.24, 2.45) is 0 Å². The molecule has 0 bridgehead atoms. The average Bonchev–Trinajstić information content (AvgIpc) is 3.30. The Morgan fingerprint density at radius 3 is 2.29 bits per heavy atom. The molecule has 3 aromatic carbocycles. The van der Waals surface area contributed by atoms with Crippen molar-refractivity contribution >= 4 is 45.9 Å². The van der Waals surface area contributed by atoms with Crippen LogP contribution in [0.5, 0.6) is 11.5 Å². The highest BCUT2D eigenvalue weighted by Gasteiger charge is 2.42. The van der Waals surface area contributed by atoms with E-state index >= 15 is 0 Å². The Balaban J connectivity index is 1.42. The van der Waals surface area contributed by atoms with E-state index in [1.54, 1.807) is 0 Å². The first-order valence-corrected chi connectivity index (χ1v) is 14.5. The zero-order valence-electron chi connectivity index (χ0n) is 23.9. The van der Waals surface area contributed by atoms with E-state index in [9.17, 15) is 0 Å². The fourth-order valence-electron chi connectivity index (χ4n) is 5.78. The SMILES string of the molecule is CC1=CC(C)(C)N(C)c2cc(Cl)c([C@H]3[C@@H](c4ccccn4)NC(=S)N3c3ccc(Oc4ccc(C)cc4)cc3)cc21. The third-order valence-electron chi connectivity index (χ3n) is 8.12. The van der Waals surface area contributed by atoms with Crippen LogP contribution in [0, 0.1) is 6.92 Å². The van der Waals surface area contributed by atoms with Gasteiger partial charge in [0.2, 0.25) is 0 Å². The van der Waals surface area contributed by atoms with Crippen molar-refractivity contribution in [1.82, 2.24) is 10.3 Å². The highest BCUT2D eigenvalue weighted by molar-refractivity contribution is 7.80. The first-order chi connectivity index (χ1) is 19.6. The van der Waals surface area contributed by atoms with Gasteiger partial charge in [-0.25, -0.2) is 0 Å². The Bertz CT molecular complexity index is 1630. The van der Waals surface area contributed by atoms with Gasteiger partial charge < -0.3 is 19.9 Å². The third kappa shape index (κ3) is 5.07. The second-order valence-electron chi connectivity index (χ2n) is 11.3. The van der Waals surface area contributed by atoms with Crippen molar-refractivity contribution < 1.29 is 4.74 Å². The molecule has 208 valence electrons. The highest BCUT2D eigenvalue weighted by atomic mass is 35.5. The van der Waals surface area contributed by atoms with E-state index in [0.29, 0.717) is 10.1 Å². The van der Waals surface area contributed by atoms with Gasteiger partial charge in [-0.3, -0.25) is 4.98 Å². The molecule has 4 aromatic rings. The van der Waals surface area contributed by atoms with Crippen LogP contribution in [-0.2, 0) is 0 Å². The quantitative estimate of drug-likeness (QED) is 0.238. The van der Waals surface area contributed by atoms with E-state index in [0.717, 1.165) is 34.1 Å². The standard InChI is InChI=1S/C34H33ClN4OS/c1-21-9-13-24(14-10-21)40-25-15-11-23(12-16-25)39-32(31(37-33(39)41)29-8-6-7-17-36-29)27-18-26-22(2)20-34(3,4)38(5)30(26)19-28(27)35/h6-20,31-32H,1-5H3,(H,37,41)/t31-,32+/m1/s1. The molecular formula is C34H33ClN4OS. The maximum atomic E-state index is 7.14. The lowest BCUT2D eigenvalue weighted by Crippen LogP contribution is -2.42. The summed E-state index contributed by atoms with van der Waals surface area (Å²) in [5.74, 6) is 1.55. The zero-order valence-corrected chi connectivity index (χ0v) is 25.4. The molecule has 5 nitrogen and oxygen atoms in total. The summed E-state index contributed by atoms with van der Waals surface area (Å²) in [5.41, 5.74) is 7.45. The summed E-state index contributed by atoms with van der Waals surface area (Å²) in [7, 11) is 2.12. The molecule has 0 spiro atoms. The molecule has 0 saturated carbocycles. The van der Waals surface area contributed by atoms with Gasteiger partial charge in [-0.2, -0.15) is 0 Å². The van der Waals surface area contributed by atoms with E-state index in [-0.39, 0.29) is 17.6 Å². The number of hydrogen-bond donors (Lipinski definition) is 1. The number of halogens is 1. The first kappa shape index (κ1) is 27.3. The molecule has 7 heteroatoms. The lowest BCUT2D eigenvalue weighted by Gasteiger charge is -2.41. The molecule has 2 aliphatic heterocycles. The van der Waals surface area contributed by atoms with Gasteiger partial charge in [0.15, 0.2) is 5.11 Å². The number of benzene rings is 3. The van der Waals surface area contributed by atoms with Crippen molar-refractivity contribution in [2.75, 3.05) is 16.8 Å². The number of rotatable bonds is 5. The van der Waals surface area contributed by atoms with E-state index in [4.69, 9.17) is 33.5 Å². The van der Waals surface area contributed by atoms with Crippen LogP contribution in [0.25, 0.3) is 5.57 Å². The molecular weight excluding hydrogens is 548 g/mol. The van der Waals surface area contributed by atoms with Crippen LogP contribution in [0.15, 0.2) is 91.1 Å². The minimum atomic E-state index is -0.216. The minimum absolute atomic E-state index is 0.108. The topological polar surface area (TPSA) is 40.6 Å². The second-order valence-corrected chi connectivity index (χ2v) is 12.1. The summed E-state index contributed by atoms with van der Waals surface area (Å²) in [6.07, 6.45) is 4.13. The highest BCUT2D eigenvalue weighted by Crippen LogP contribution is 2.48. The lowest BCUT2D eigenvalue weighted by atomic mass is 9.86. The fourth-order valence-corrected chi connectivity index (χ4v) is 6.40. The van der Waals surface area contributed by atoms with Crippen LogP contribution >= 0.6 is 23.8 Å². The number of nitrogens with zero attached hydrogens (tertiary/aromatic N) is 3. The third-order valence-corrected chi connectivity index (χ3v) is 8.77. The van der Waals surface area contributed by atoms with Crippen LogP contribution in [0.3, 0.4) is 0 Å². The van der Waals surface area contributed by atoms with E-state index in [2.05, 4.69) is 68.1 Å². The Morgan fingerprint density at radius 1 is 0.951 bits per heavy atom. The predicted molar refractivity (Wildman–Crippen MR) is 173 cm³/mol. The molecule has 41 heavy (non-hydrogen) atoms. The molecule has 0 aliphatic carbocycles. The van der Waals surface area contributed by atoms with Gasteiger partial charge >= 0.3 is 0 Å². The molecule has 1 fully saturated rings. The molecule has 0 amide bonds. The number of thiocarbonyl (C=S) groups is 1. The normalized spacial score (nSPS) is 19.5. The molecule has 0 unspecified atom stereocenters. The van der Waals surface area contributed by atoms with Gasteiger partial charge in [0.25, 0.3) is 0 Å². The second kappa shape index (κ2) is 10.5. The van der Waals surface area contributed by atoms with Gasteiger partial charge in [-0.15, -0.1) is 0 Å². The van der Waals surface area contributed by atoms with Gasteiger partial charge in [-0.05, 0) is 112 Å². The lowest BCUT2D eigenvalue weighted by molar-refractivity contribution is 0.482. The van der Waals surface area contributed by atoms with Crippen molar-refractivity contribution in [3.05, 3.63) is 119 Å². The molecule has 2 aliphatic rings. The number of allylic oxidation sites excluding steroid dienone is 1. The van der Waals surface area contributed by atoms with Crippen LogP contribution in [-0.4, -0.2) is 22.7 Å². The molecule has 1 N–H and O–H groups in total. The summed E-state index contributed by atoms with van der Waals surface area (Å²) in [5, 5.41) is 4.87. The van der Waals surface area contributed by atoms with Crippen LogP contribution in [0.2, 0.25) is 5.02 Å². The smallest absolute Gasteiger partial charge is 0.174 e. The number of ether oxygens (including phenoxy) is 1. The Morgan fingerprint density at radius 2 is 1.63 bits per heavy atom. The number of fused-ring (bicyclic) bond motifs is 1. The van der Waals surface area contributed by atoms with Crippen molar-refractivity contribution in [1.29, 1.82) is 0 Å². The molecule has 3 heterocycles. The Labute approximate surface area is 252 Å². The van der Waals surface area contributed by atoms with Gasteiger partial charge in [0.05, 0.1) is 23.3 Å². The number of anilines is 2. The summed E-state index contributed by atoms with van der Waals surface area (Å²) >= 11 is 13.1. The van der Waals surface area contributed by atoms with E-state index < -0.39 is 0 Å². The maximum Gasteiger partial charge on any atom is 0.174 e. The van der Waals surface area contributed by atoms with Crippen LogP contribution in [0.1, 0.15) is 55.2 Å². The van der Waals surface area contributed by atoms with E-state index in [1.807, 2.05) is 72.9 Å². The first-order valence-electron chi connectivity index (χ1n) is 13.7. The fraction of sp³-hybridized carbons (Fsp3) is 0.235. The largest absolute Gasteiger partial charge is 0.457 e. The van der Waals surface area contributed by atoms with Gasteiger partial charge in [0, 0.05) is 35.2 Å². The van der Waals surface area contributed by atoms with Crippen molar-refractivity contribution in [3.63, 3.8) is 0 Å². The summed E-state index contributed by atoms with van der Waals surface area (Å²) in [6.45, 7) is 8.66. The Kier molecular flexibility index (Phi) is 7.00. The molecule has 0 radical (unpaired) electrons. The molecule has 1 aromatic heterocycles. The number of aromatic nitrogens is 1. The zero-order chi connectivity index (χ0) is 28.9. The maximum absolute atomic E-state index is 7.14. The molecule has 2 atom stereocenters. The summed E-state index contributed by atoms with van der Waals surface area (Å²) in [6, 6.07) is 25.9. The number of hydrogen-bond acceptors (Lipinski definition) is 4.